The first-order valence-corrected chi connectivity index (χ1v) is 10.9. The SMILES string of the molecule is O=C(NC(CC1CCCCC1)C(=O)N1CCC2OCC(=O)C21)c1ccsc1. The van der Waals surface area contributed by atoms with Crippen molar-refractivity contribution in [1.29, 1.82) is 0 Å². The maximum Gasteiger partial charge on any atom is 0.252 e. The lowest BCUT2D eigenvalue weighted by atomic mass is 9.84. The number of Topliss-reactive ketones (excluding diaryl/α,β-unsaturated/α-hetero) is 1. The van der Waals surface area contributed by atoms with Gasteiger partial charge in [-0.3, -0.25) is 14.4 Å². The highest BCUT2D eigenvalue weighted by Crippen LogP contribution is 2.31. The molecule has 146 valence electrons. The Balaban J connectivity index is 1.50. The van der Waals surface area contributed by atoms with Crippen LogP contribution >= 0.6 is 11.3 Å². The molecule has 7 heteroatoms. The monoisotopic (exact) mass is 390 g/mol. The van der Waals surface area contributed by atoms with E-state index in [0.717, 1.165) is 12.8 Å². The second-order valence-corrected chi connectivity index (χ2v) is 8.64. The van der Waals surface area contributed by atoms with Crippen LogP contribution < -0.4 is 5.32 Å². The maximum atomic E-state index is 13.3. The average molecular weight is 391 g/mol. The molecule has 6 nitrogen and oxygen atoms in total. The molecular formula is C20H26N2O4S. The van der Waals surface area contributed by atoms with Crippen molar-refractivity contribution in [3.63, 3.8) is 0 Å². The van der Waals surface area contributed by atoms with Gasteiger partial charge in [-0.25, -0.2) is 0 Å². The lowest BCUT2D eigenvalue weighted by molar-refractivity contribution is -0.138. The summed E-state index contributed by atoms with van der Waals surface area (Å²) in [5.41, 5.74) is 0.584. The minimum Gasteiger partial charge on any atom is -0.368 e. The van der Waals surface area contributed by atoms with Crippen molar-refractivity contribution < 1.29 is 19.1 Å². The molecule has 0 bridgehead atoms. The third kappa shape index (κ3) is 3.94. The quantitative estimate of drug-likeness (QED) is 0.838. The zero-order valence-corrected chi connectivity index (χ0v) is 16.2. The molecule has 2 amide bonds. The van der Waals surface area contributed by atoms with E-state index in [0.29, 0.717) is 30.9 Å². The van der Waals surface area contributed by atoms with E-state index in [1.54, 1.807) is 16.3 Å². The van der Waals surface area contributed by atoms with Crippen LogP contribution in [0.15, 0.2) is 16.8 Å². The summed E-state index contributed by atoms with van der Waals surface area (Å²) in [5.74, 6) is 0.0847. The van der Waals surface area contributed by atoms with Crippen LogP contribution in [0.4, 0.5) is 0 Å². The van der Waals surface area contributed by atoms with Gasteiger partial charge in [-0.05, 0) is 30.2 Å². The van der Waals surface area contributed by atoms with Gasteiger partial charge in [0, 0.05) is 11.9 Å². The summed E-state index contributed by atoms with van der Waals surface area (Å²) in [6, 6.07) is 0.722. The number of hydrogen-bond donors (Lipinski definition) is 1. The number of hydrogen-bond acceptors (Lipinski definition) is 5. The lowest BCUT2D eigenvalue weighted by Gasteiger charge is -2.31. The molecule has 3 aliphatic rings. The van der Waals surface area contributed by atoms with E-state index in [9.17, 15) is 14.4 Å². The molecule has 0 aromatic carbocycles. The highest BCUT2D eigenvalue weighted by atomic mass is 32.1. The van der Waals surface area contributed by atoms with E-state index in [-0.39, 0.29) is 30.3 Å². The summed E-state index contributed by atoms with van der Waals surface area (Å²) in [4.78, 5) is 39.8. The fourth-order valence-electron chi connectivity index (χ4n) is 4.65. The van der Waals surface area contributed by atoms with E-state index in [1.165, 1.54) is 30.6 Å². The van der Waals surface area contributed by atoms with Crippen molar-refractivity contribution in [1.82, 2.24) is 10.2 Å². The molecule has 2 aliphatic heterocycles. The molecule has 1 saturated carbocycles. The summed E-state index contributed by atoms with van der Waals surface area (Å²) in [6.45, 7) is 0.614. The topological polar surface area (TPSA) is 75.7 Å². The number of fused-ring (bicyclic) bond motifs is 1. The zero-order chi connectivity index (χ0) is 18.8. The van der Waals surface area contributed by atoms with Crippen LogP contribution in [-0.2, 0) is 14.3 Å². The van der Waals surface area contributed by atoms with Crippen molar-refractivity contribution in [3.05, 3.63) is 22.4 Å². The number of nitrogens with one attached hydrogen (secondary N) is 1. The number of carbonyl (C=O) groups excluding carboxylic acids is 3. The Labute approximate surface area is 163 Å². The van der Waals surface area contributed by atoms with Crippen LogP contribution in [0.5, 0.6) is 0 Å². The van der Waals surface area contributed by atoms with Gasteiger partial charge in [0.2, 0.25) is 5.91 Å². The predicted octanol–water partition coefficient (Wildman–Crippen LogP) is 2.39. The smallest absolute Gasteiger partial charge is 0.252 e. The normalized spacial score (nSPS) is 26.8. The summed E-state index contributed by atoms with van der Waals surface area (Å²) in [7, 11) is 0. The van der Waals surface area contributed by atoms with Crippen LogP contribution in [0, 0.1) is 5.92 Å². The van der Waals surface area contributed by atoms with Gasteiger partial charge in [0.1, 0.15) is 18.7 Å². The number of amides is 2. The molecular weight excluding hydrogens is 364 g/mol. The molecule has 3 heterocycles. The van der Waals surface area contributed by atoms with Crippen LogP contribution in [0.25, 0.3) is 0 Å². The molecule has 1 aliphatic carbocycles. The summed E-state index contributed by atoms with van der Waals surface area (Å²) in [5, 5.41) is 6.61. The fraction of sp³-hybridized carbons (Fsp3) is 0.650. The highest BCUT2D eigenvalue weighted by Gasteiger charge is 2.48. The Hall–Kier alpha value is -1.73. The Morgan fingerprint density at radius 2 is 2.07 bits per heavy atom. The van der Waals surface area contributed by atoms with Crippen molar-refractivity contribution in [2.45, 2.75) is 63.1 Å². The van der Waals surface area contributed by atoms with E-state index in [4.69, 9.17) is 4.74 Å². The number of thiophene rings is 1. The molecule has 1 aromatic rings. The van der Waals surface area contributed by atoms with E-state index in [2.05, 4.69) is 5.32 Å². The third-order valence-corrected chi connectivity index (χ3v) is 6.76. The van der Waals surface area contributed by atoms with Gasteiger partial charge < -0.3 is 15.0 Å². The minimum atomic E-state index is -0.576. The van der Waals surface area contributed by atoms with Crippen molar-refractivity contribution in [3.8, 4) is 0 Å². The Morgan fingerprint density at radius 3 is 2.81 bits per heavy atom. The van der Waals surface area contributed by atoms with E-state index >= 15 is 0 Å². The number of carbonyl (C=O) groups is 3. The molecule has 4 rings (SSSR count). The standard InChI is InChI=1S/C20H26N2O4S/c23-16-11-26-17-6-8-22(18(16)17)20(25)15(10-13-4-2-1-3-5-13)21-19(24)14-7-9-27-12-14/h7,9,12-13,15,17-18H,1-6,8,10-11H2,(H,21,24). The molecule has 3 fully saturated rings. The van der Waals surface area contributed by atoms with Gasteiger partial charge in [0.05, 0.1) is 11.7 Å². The van der Waals surface area contributed by atoms with Crippen molar-refractivity contribution in [2.24, 2.45) is 5.92 Å². The maximum absolute atomic E-state index is 13.3. The second kappa shape index (κ2) is 8.10. The molecule has 3 unspecified atom stereocenters. The van der Waals surface area contributed by atoms with Gasteiger partial charge in [0.25, 0.3) is 5.91 Å². The molecule has 0 spiro atoms. The largest absolute Gasteiger partial charge is 0.368 e. The van der Waals surface area contributed by atoms with Crippen molar-refractivity contribution in [2.75, 3.05) is 13.2 Å². The van der Waals surface area contributed by atoms with Crippen LogP contribution in [0.1, 0.15) is 55.3 Å². The average Bonchev–Trinajstić information content (AvgIpc) is 3.41. The van der Waals surface area contributed by atoms with Gasteiger partial charge in [-0.1, -0.05) is 32.1 Å². The van der Waals surface area contributed by atoms with Gasteiger partial charge in [-0.2, -0.15) is 11.3 Å². The Morgan fingerprint density at radius 1 is 1.26 bits per heavy atom. The summed E-state index contributed by atoms with van der Waals surface area (Å²) >= 11 is 1.46. The van der Waals surface area contributed by atoms with Crippen LogP contribution in [-0.4, -0.2) is 53.8 Å². The zero-order valence-electron chi connectivity index (χ0n) is 15.4. The third-order valence-electron chi connectivity index (χ3n) is 6.08. The molecule has 2 saturated heterocycles. The number of ether oxygens (including phenoxy) is 1. The summed E-state index contributed by atoms with van der Waals surface area (Å²) in [6.07, 6.45) is 6.99. The van der Waals surface area contributed by atoms with E-state index < -0.39 is 12.1 Å². The molecule has 27 heavy (non-hydrogen) atoms. The number of ketones is 1. The molecule has 1 N–H and O–H groups in total. The minimum absolute atomic E-state index is 0.0218. The highest BCUT2D eigenvalue weighted by molar-refractivity contribution is 7.08. The number of rotatable bonds is 5. The second-order valence-electron chi connectivity index (χ2n) is 7.86. The molecule has 1 aromatic heterocycles. The molecule has 0 radical (unpaired) electrons. The fourth-order valence-corrected chi connectivity index (χ4v) is 5.29. The van der Waals surface area contributed by atoms with Crippen LogP contribution in [0.2, 0.25) is 0 Å². The van der Waals surface area contributed by atoms with Gasteiger partial charge >= 0.3 is 0 Å². The predicted molar refractivity (Wildman–Crippen MR) is 102 cm³/mol. The van der Waals surface area contributed by atoms with Gasteiger partial charge in [-0.15, -0.1) is 0 Å². The lowest BCUT2D eigenvalue weighted by Crippen LogP contribution is -2.52. The first kappa shape index (κ1) is 18.6. The van der Waals surface area contributed by atoms with Gasteiger partial charge in [0.15, 0.2) is 5.78 Å². The first-order chi connectivity index (χ1) is 13.1. The van der Waals surface area contributed by atoms with E-state index in [1.807, 2.05) is 5.38 Å². The first-order valence-electron chi connectivity index (χ1n) is 9.91. The Bertz CT molecular complexity index is 699. The van der Waals surface area contributed by atoms with Crippen molar-refractivity contribution >= 4 is 28.9 Å². The Kier molecular flexibility index (Phi) is 5.59. The molecule has 3 atom stereocenters. The summed E-state index contributed by atoms with van der Waals surface area (Å²) < 4.78 is 5.51. The number of likely N-dealkylation sites (tertiary alicyclic amines) is 1. The number of nitrogens with zero attached hydrogens (tertiary/aromatic N) is 1. The van der Waals surface area contributed by atoms with Crippen LogP contribution in [0.3, 0.4) is 0 Å².